The topological polar surface area (TPSA) is 75.7 Å². The lowest BCUT2D eigenvalue weighted by Crippen LogP contribution is -2.42. The molecule has 0 aliphatic carbocycles. The van der Waals surface area contributed by atoms with Crippen LogP contribution in [0.2, 0.25) is 0 Å². The van der Waals surface area contributed by atoms with Gasteiger partial charge in [0.25, 0.3) is 0 Å². The zero-order chi connectivity index (χ0) is 17.4. The standard InChI is InChI=1S/C18H16ClN5O/c1-11-9-14(15-13-6-4-8-21-17(13)24-23-15)16(18(2,19)22-11)25-12-5-3-7-20-10-12/h3-10,22H,1-2H3,(H,21,23,24). The van der Waals surface area contributed by atoms with Gasteiger partial charge < -0.3 is 10.1 Å². The monoisotopic (exact) mass is 353 g/mol. The summed E-state index contributed by atoms with van der Waals surface area (Å²) >= 11 is 6.74. The van der Waals surface area contributed by atoms with Gasteiger partial charge in [-0.1, -0.05) is 11.6 Å². The molecule has 1 atom stereocenters. The number of fused-ring (bicyclic) bond motifs is 1. The van der Waals surface area contributed by atoms with Crippen molar-refractivity contribution in [3.05, 3.63) is 66.1 Å². The Kier molecular flexibility index (Phi) is 3.69. The average molecular weight is 354 g/mol. The molecule has 0 radical (unpaired) electrons. The third-order valence-electron chi connectivity index (χ3n) is 3.92. The lowest BCUT2D eigenvalue weighted by atomic mass is 10.00. The van der Waals surface area contributed by atoms with E-state index in [2.05, 4.69) is 25.5 Å². The first-order chi connectivity index (χ1) is 12.0. The first-order valence-corrected chi connectivity index (χ1v) is 8.20. The van der Waals surface area contributed by atoms with Crippen molar-refractivity contribution >= 4 is 28.2 Å². The maximum Gasteiger partial charge on any atom is 0.181 e. The summed E-state index contributed by atoms with van der Waals surface area (Å²) in [7, 11) is 0. The van der Waals surface area contributed by atoms with Gasteiger partial charge >= 0.3 is 0 Å². The zero-order valence-electron chi connectivity index (χ0n) is 13.7. The van der Waals surface area contributed by atoms with Crippen LogP contribution in [-0.4, -0.2) is 25.2 Å². The summed E-state index contributed by atoms with van der Waals surface area (Å²) < 4.78 is 6.11. The fourth-order valence-electron chi connectivity index (χ4n) is 2.92. The molecule has 126 valence electrons. The van der Waals surface area contributed by atoms with E-state index >= 15 is 0 Å². The van der Waals surface area contributed by atoms with Crippen molar-refractivity contribution in [1.82, 2.24) is 25.5 Å². The molecular weight excluding hydrogens is 338 g/mol. The van der Waals surface area contributed by atoms with Gasteiger partial charge in [-0.25, -0.2) is 4.98 Å². The molecule has 0 amide bonds. The lowest BCUT2D eigenvalue weighted by molar-refractivity contribution is 0.352. The van der Waals surface area contributed by atoms with Crippen LogP contribution in [0, 0.1) is 0 Å². The molecule has 0 spiro atoms. The Labute approximate surface area is 149 Å². The number of ether oxygens (including phenoxy) is 1. The summed E-state index contributed by atoms with van der Waals surface area (Å²) in [6, 6.07) is 7.49. The number of hydrogen-bond donors (Lipinski definition) is 2. The number of aromatic nitrogens is 4. The number of aromatic amines is 1. The van der Waals surface area contributed by atoms with E-state index in [-0.39, 0.29) is 0 Å². The smallest absolute Gasteiger partial charge is 0.181 e. The number of hydrogen-bond acceptors (Lipinski definition) is 5. The summed E-state index contributed by atoms with van der Waals surface area (Å²) in [5, 5.41) is 11.5. The molecule has 1 unspecified atom stereocenters. The van der Waals surface area contributed by atoms with Crippen molar-refractivity contribution in [1.29, 1.82) is 0 Å². The minimum Gasteiger partial charge on any atom is -0.456 e. The Morgan fingerprint density at radius 2 is 2.04 bits per heavy atom. The minimum atomic E-state index is -0.913. The van der Waals surface area contributed by atoms with Crippen LogP contribution < -0.4 is 10.1 Å². The number of dihydropyridines is 1. The summed E-state index contributed by atoms with van der Waals surface area (Å²) in [5.74, 6) is 1.18. The molecule has 4 heterocycles. The minimum absolute atomic E-state index is 0.571. The summed E-state index contributed by atoms with van der Waals surface area (Å²) in [4.78, 5) is 7.46. The highest BCUT2D eigenvalue weighted by molar-refractivity contribution is 6.26. The molecule has 7 heteroatoms. The van der Waals surface area contributed by atoms with Crippen molar-refractivity contribution in [3.8, 4) is 5.75 Å². The van der Waals surface area contributed by atoms with E-state index in [0.717, 1.165) is 22.4 Å². The number of allylic oxidation sites excluding steroid dienone is 3. The number of nitrogens with zero attached hydrogens (tertiary/aromatic N) is 3. The van der Waals surface area contributed by atoms with E-state index in [0.29, 0.717) is 17.2 Å². The highest BCUT2D eigenvalue weighted by Crippen LogP contribution is 2.37. The normalized spacial score (nSPS) is 20.4. The summed E-state index contributed by atoms with van der Waals surface area (Å²) in [6.07, 6.45) is 7.04. The predicted molar refractivity (Wildman–Crippen MR) is 96.8 cm³/mol. The number of nitrogens with one attached hydrogen (secondary N) is 2. The van der Waals surface area contributed by atoms with Gasteiger partial charge in [0, 0.05) is 29.1 Å². The molecule has 3 aromatic heterocycles. The van der Waals surface area contributed by atoms with Crippen LogP contribution in [0.4, 0.5) is 0 Å². The summed E-state index contributed by atoms with van der Waals surface area (Å²) in [6.45, 7) is 3.81. The number of alkyl halides is 1. The van der Waals surface area contributed by atoms with Crippen molar-refractivity contribution in [2.75, 3.05) is 0 Å². The van der Waals surface area contributed by atoms with Crippen LogP contribution in [0.1, 0.15) is 19.5 Å². The van der Waals surface area contributed by atoms with Crippen LogP contribution in [0.25, 0.3) is 16.6 Å². The van der Waals surface area contributed by atoms with Crippen LogP contribution in [0.15, 0.2) is 60.4 Å². The van der Waals surface area contributed by atoms with Crippen LogP contribution in [0.5, 0.6) is 5.75 Å². The number of H-pyrrole nitrogens is 1. The Balaban J connectivity index is 1.92. The molecule has 1 aliphatic rings. The highest BCUT2D eigenvalue weighted by atomic mass is 35.5. The Bertz CT molecular complexity index is 991. The van der Waals surface area contributed by atoms with E-state index in [1.165, 1.54) is 0 Å². The van der Waals surface area contributed by atoms with Gasteiger partial charge in [-0.2, -0.15) is 5.10 Å². The third kappa shape index (κ3) is 2.85. The van der Waals surface area contributed by atoms with Crippen molar-refractivity contribution in [3.63, 3.8) is 0 Å². The molecule has 0 saturated carbocycles. The molecule has 0 fully saturated rings. The van der Waals surface area contributed by atoms with E-state index in [4.69, 9.17) is 16.3 Å². The van der Waals surface area contributed by atoms with Crippen molar-refractivity contribution < 1.29 is 4.74 Å². The Morgan fingerprint density at radius 1 is 1.20 bits per heavy atom. The van der Waals surface area contributed by atoms with Gasteiger partial charge in [0.15, 0.2) is 16.4 Å². The second-order valence-corrected chi connectivity index (χ2v) is 6.72. The molecule has 0 bridgehead atoms. The summed E-state index contributed by atoms with van der Waals surface area (Å²) in [5.41, 5.74) is 3.21. The van der Waals surface area contributed by atoms with Gasteiger partial charge in [-0.3, -0.25) is 10.1 Å². The van der Waals surface area contributed by atoms with Crippen molar-refractivity contribution in [2.24, 2.45) is 0 Å². The molecule has 6 nitrogen and oxygen atoms in total. The van der Waals surface area contributed by atoms with Gasteiger partial charge in [0.05, 0.1) is 11.9 Å². The molecule has 1 aliphatic heterocycles. The van der Waals surface area contributed by atoms with E-state index in [9.17, 15) is 0 Å². The fraction of sp³-hybridized carbons (Fsp3) is 0.167. The van der Waals surface area contributed by atoms with Gasteiger partial charge in [-0.05, 0) is 44.2 Å². The van der Waals surface area contributed by atoms with E-state index < -0.39 is 5.00 Å². The quantitative estimate of drug-likeness (QED) is 0.555. The zero-order valence-corrected chi connectivity index (χ0v) is 14.5. The van der Waals surface area contributed by atoms with Crippen LogP contribution in [-0.2, 0) is 0 Å². The lowest BCUT2D eigenvalue weighted by Gasteiger charge is -2.33. The molecular formula is C18H16ClN5O. The fourth-order valence-corrected chi connectivity index (χ4v) is 3.20. The number of rotatable bonds is 3. The second kappa shape index (κ2) is 5.89. The average Bonchev–Trinajstić information content (AvgIpc) is 3.01. The molecule has 25 heavy (non-hydrogen) atoms. The van der Waals surface area contributed by atoms with Gasteiger partial charge in [0.1, 0.15) is 5.75 Å². The predicted octanol–water partition coefficient (Wildman–Crippen LogP) is 3.61. The molecule has 0 saturated heterocycles. The molecule has 4 rings (SSSR count). The first kappa shape index (κ1) is 15.7. The first-order valence-electron chi connectivity index (χ1n) is 7.82. The van der Waals surface area contributed by atoms with E-state index in [1.54, 1.807) is 18.6 Å². The second-order valence-electron chi connectivity index (χ2n) is 5.96. The number of pyridine rings is 2. The van der Waals surface area contributed by atoms with Gasteiger partial charge in [0.2, 0.25) is 0 Å². The highest BCUT2D eigenvalue weighted by Gasteiger charge is 2.35. The maximum absolute atomic E-state index is 6.74. The van der Waals surface area contributed by atoms with Crippen LogP contribution >= 0.6 is 11.6 Å². The van der Waals surface area contributed by atoms with Crippen molar-refractivity contribution in [2.45, 2.75) is 18.8 Å². The molecule has 2 N–H and O–H groups in total. The third-order valence-corrected chi connectivity index (χ3v) is 4.18. The largest absolute Gasteiger partial charge is 0.456 e. The Hall–Kier alpha value is -2.86. The SMILES string of the molecule is CC1=CC(c2[nH]nc3ncccc23)=C(Oc2cccnc2)C(C)(Cl)N1. The number of halogens is 1. The molecule has 3 aromatic rings. The Morgan fingerprint density at radius 3 is 2.84 bits per heavy atom. The van der Waals surface area contributed by atoms with Gasteiger partial charge in [-0.15, -0.1) is 0 Å². The maximum atomic E-state index is 6.74. The molecule has 0 aromatic carbocycles. The van der Waals surface area contributed by atoms with E-state index in [1.807, 2.05) is 44.2 Å². The van der Waals surface area contributed by atoms with Crippen LogP contribution in [0.3, 0.4) is 0 Å².